The third-order valence-electron chi connectivity index (χ3n) is 2.17. The number of halogens is 1. The third kappa shape index (κ3) is 3.28. The van der Waals surface area contributed by atoms with Gasteiger partial charge in [-0.15, -0.1) is 11.3 Å². The van der Waals surface area contributed by atoms with Crippen molar-refractivity contribution in [3.63, 3.8) is 0 Å². The maximum atomic E-state index is 6.08. The molecule has 0 atom stereocenters. The van der Waals surface area contributed by atoms with Gasteiger partial charge in [0.25, 0.3) is 0 Å². The molecular formula is C14H16ClN3S. The molecule has 19 heavy (non-hydrogen) atoms. The first kappa shape index (κ1) is 15.5. The first-order valence-electron chi connectivity index (χ1n) is 5.67. The Balaban J connectivity index is 0.000000576. The van der Waals surface area contributed by atoms with Gasteiger partial charge >= 0.3 is 0 Å². The standard InChI is InChI=1S/C11H6ClN3S.C2H6.CH4/c12-9-7-4-6-16-11(7)15-10(14-9)8-3-1-2-5-13-8;1-2;/h1-6H;1-2H3;1H4. The van der Waals surface area contributed by atoms with E-state index in [1.807, 2.05) is 43.5 Å². The fourth-order valence-corrected chi connectivity index (χ4v) is 2.48. The highest BCUT2D eigenvalue weighted by molar-refractivity contribution is 7.16. The van der Waals surface area contributed by atoms with E-state index in [1.165, 1.54) is 0 Å². The van der Waals surface area contributed by atoms with Gasteiger partial charge in [-0.25, -0.2) is 9.97 Å². The van der Waals surface area contributed by atoms with Crippen molar-refractivity contribution in [3.8, 4) is 11.5 Å². The molecule has 0 aliphatic carbocycles. The van der Waals surface area contributed by atoms with Crippen molar-refractivity contribution in [2.45, 2.75) is 21.3 Å². The average molecular weight is 294 g/mol. The molecule has 3 rings (SSSR count). The highest BCUT2D eigenvalue weighted by Gasteiger charge is 2.08. The summed E-state index contributed by atoms with van der Waals surface area (Å²) in [5.74, 6) is 0.570. The van der Waals surface area contributed by atoms with Gasteiger partial charge in [0.1, 0.15) is 15.7 Å². The number of nitrogens with zero attached hydrogens (tertiary/aromatic N) is 3. The summed E-state index contributed by atoms with van der Waals surface area (Å²) in [6.07, 6.45) is 1.71. The Morgan fingerprint density at radius 3 is 2.58 bits per heavy atom. The highest BCUT2D eigenvalue weighted by Crippen LogP contribution is 2.27. The van der Waals surface area contributed by atoms with Crippen LogP contribution in [0.2, 0.25) is 5.15 Å². The minimum Gasteiger partial charge on any atom is -0.253 e. The lowest BCUT2D eigenvalue weighted by Crippen LogP contribution is -1.91. The molecule has 0 saturated heterocycles. The summed E-state index contributed by atoms with van der Waals surface area (Å²) in [7, 11) is 0. The molecular weight excluding hydrogens is 278 g/mol. The maximum absolute atomic E-state index is 6.08. The first-order valence-corrected chi connectivity index (χ1v) is 6.92. The van der Waals surface area contributed by atoms with Crippen LogP contribution in [0.5, 0.6) is 0 Å². The van der Waals surface area contributed by atoms with Gasteiger partial charge in [-0.05, 0) is 23.6 Å². The molecule has 3 heterocycles. The summed E-state index contributed by atoms with van der Waals surface area (Å²) >= 11 is 7.63. The van der Waals surface area contributed by atoms with Crippen LogP contribution in [0.15, 0.2) is 35.8 Å². The van der Waals surface area contributed by atoms with Crippen LogP contribution in [0.4, 0.5) is 0 Å². The Hall–Kier alpha value is -1.52. The van der Waals surface area contributed by atoms with Crippen molar-refractivity contribution in [1.29, 1.82) is 0 Å². The average Bonchev–Trinajstić information content (AvgIpc) is 2.91. The quantitative estimate of drug-likeness (QED) is 0.588. The van der Waals surface area contributed by atoms with E-state index in [2.05, 4.69) is 15.0 Å². The van der Waals surface area contributed by atoms with Crippen molar-refractivity contribution >= 4 is 33.2 Å². The van der Waals surface area contributed by atoms with Gasteiger partial charge in [-0.2, -0.15) is 0 Å². The molecule has 100 valence electrons. The molecule has 0 N–H and O–H groups in total. The second kappa shape index (κ2) is 7.16. The van der Waals surface area contributed by atoms with E-state index in [-0.39, 0.29) is 7.43 Å². The summed E-state index contributed by atoms with van der Waals surface area (Å²) in [5.41, 5.74) is 0.736. The van der Waals surface area contributed by atoms with Crippen molar-refractivity contribution in [2.24, 2.45) is 0 Å². The van der Waals surface area contributed by atoms with Crippen LogP contribution >= 0.6 is 22.9 Å². The number of pyridine rings is 1. The Labute approximate surface area is 122 Å². The number of rotatable bonds is 1. The van der Waals surface area contributed by atoms with Crippen LogP contribution in [0, 0.1) is 0 Å². The first-order chi connectivity index (χ1) is 8.84. The number of fused-ring (bicyclic) bond motifs is 1. The smallest absolute Gasteiger partial charge is 0.180 e. The molecule has 0 bridgehead atoms. The number of hydrogen-bond donors (Lipinski definition) is 0. The lowest BCUT2D eigenvalue weighted by Gasteiger charge is -2.00. The van der Waals surface area contributed by atoms with Crippen LogP contribution in [-0.2, 0) is 0 Å². The Bertz CT molecular complexity index is 637. The van der Waals surface area contributed by atoms with Crippen LogP contribution in [0.25, 0.3) is 21.7 Å². The molecule has 0 fully saturated rings. The predicted octanol–water partition coefficient (Wildman–Crippen LogP) is 5.07. The molecule has 0 amide bonds. The highest BCUT2D eigenvalue weighted by atomic mass is 35.5. The summed E-state index contributed by atoms with van der Waals surface area (Å²) in [6, 6.07) is 7.54. The molecule has 0 aliphatic heterocycles. The Kier molecular flexibility index (Phi) is 5.86. The molecule has 0 aliphatic rings. The molecule has 5 heteroatoms. The zero-order chi connectivity index (χ0) is 13.0. The molecule has 3 nitrogen and oxygen atoms in total. The summed E-state index contributed by atoms with van der Waals surface area (Å²) in [4.78, 5) is 13.8. The predicted molar refractivity (Wildman–Crippen MR) is 83.7 cm³/mol. The fourth-order valence-electron chi connectivity index (χ4n) is 1.43. The largest absolute Gasteiger partial charge is 0.253 e. The Morgan fingerprint density at radius 1 is 1.11 bits per heavy atom. The van der Waals surface area contributed by atoms with Gasteiger partial charge in [0, 0.05) is 11.6 Å². The minimum atomic E-state index is 0. The molecule has 3 aromatic heterocycles. The molecule has 0 radical (unpaired) electrons. The van der Waals surface area contributed by atoms with Crippen molar-refractivity contribution < 1.29 is 0 Å². The lowest BCUT2D eigenvalue weighted by atomic mass is 10.3. The fraction of sp³-hybridized carbons (Fsp3) is 0.214. The van der Waals surface area contributed by atoms with Crippen molar-refractivity contribution in [2.75, 3.05) is 0 Å². The zero-order valence-electron chi connectivity index (χ0n) is 10.1. The third-order valence-corrected chi connectivity index (χ3v) is 3.27. The van der Waals surface area contributed by atoms with Crippen LogP contribution in [0.3, 0.4) is 0 Å². The van der Waals surface area contributed by atoms with E-state index in [1.54, 1.807) is 17.5 Å². The Morgan fingerprint density at radius 2 is 1.89 bits per heavy atom. The summed E-state index contributed by atoms with van der Waals surface area (Å²) in [5, 5.41) is 3.33. The summed E-state index contributed by atoms with van der Waals surface area (Å²) < 4.78 is 0. The van der Waals surface area contributed by atoms with Crippen LogP contribution < -0.4 is 0 Å². The van der Waals surface area contributed by atoms with Crippen molar-refractivity contribution in [1.82, 2.24) is 15.0 Å². The van der Waals surface area contributed by atoms with Gasteiger partial charge in [-0.3, -0.25) is 4.98 Å². The van der Waals surface area contributed by atoms with Crippen LogP contribution in [-0.4, -0.2) is 15.0 Å². The maximum Gasteiger partial charge on any atom is 0.180 e. The van der Waals surface area contributed by atoms with E-state index in [9.17, 15) is 0 Å². The second-order valence-corrected chi connectivity index (χ2v) is 4.45. The molecule has 0 aromatic carbocycles. The number of thiophene rings is 1. The van der Waals surface area contributed by atoms with E-state index in [0.29, 0.717) is 11.0 Å². The van der Waals surface area contributed by atoms with E-state index in [0.717, 1.165) is 15.9 Å². The lowest BCUT2D eigenvalue weighted by molar-refractivity contribution is 1.18. The van der Waals surface area contributed by atoms with E-state index >= 15 is 0 Å². The molecule has 3 aromatic rings. The van der Waals surface area contributed by atoms with Crippen LogP contribution in [0.1, 0.15) is 21.3 Å². The van der Waals surface area contributed by atoms with Gasteiger partial charge in [0.15, 0.2) is 5.82 Å². The molecule has 0 unspecified atom stereocenters. The molecule has 0 spiro atoms. The second-order valence-electron chi connectivity index (χ2n) is 3.19. The van der Waals surface area contributed by atoms with E-state index < -0.39 is 0 Å². The normalized spacial score (nSPS) is 9.42. The van der Waals surface area contributed by atoms with Gasteiger partial charge in [0.05, 0.1) is 0 Å². The number of hydrogen-bond acceptors (Lipinski definition) is 4. The topological polar surface area (TPSA) is 38.7 Å². The monoisotopic (exact) mass is 293 g/mol. The van der Waals surface area contributed by atoms with Gasteiger partial charge in [-0.1, -0.05) is 38.9 Å². The van der Waals surface area contributed by atoms with Gasteiger partial charge in [0.2, 0.25) is 0 Å². The van der Waals surface area contributed by atoms with Gasteiger partial charge < -0.3 is 0 Å². The summed E-state index contributed by atoms with van der Waals surface area (Å²) in [6.45, 7) is 4.00. The SMILES string of the molecule is C.CC.Clc1nc(-c2ccccn2)nc2sccc12. The zero-order valence-corrected chi connectivity index (χ0v) is 11.7. The molecule has 0 saturated carbocycles. The number of aromatic nitrogens is 3. The van der Waals surface area contributed by atoms with E-state index in [4.69, 9.17) is 11.6 Å². The minimum absolute atomic E-state index is 0. The van der Waals surface area contributed by atoms with Crippen molar-refractivity contribution in [3.05, 3.63) is 41.0 Å².